The molecule has 0 heterocycles. The molecule has 0 unspecified atom stereocenters. The molecule has 2 rings (SSSR count). The quantitative estimate of drug-likeness (QED) is 0.824. The van der Waals surface area contributed by atoms with Gasteiger partial charge in [0.05, 0.1) is 17.2 Å². The van der Waals surface area contributed by atoms with Gasteiger partial charge in [0.15, 0.2) is 0 Å². The Morgan fingerprint density at radius 3 is 2.38 bits per heavy atom. The fraction of sp³-hybridized carbons (Fsp3) is 0.143. The predicted octanol–water partition coefficient (Wildman–Crippen LogP) is 4.78. The molecule has 1 N–H and O–H groups in total. The SMILES string of the molecule is OCc1ccc(Oc2ccc(F)cc2Cl)cc1C(F)(F)F. The zero-order chi connectivity index (χ0) is 15.6. The first-order valence-corrected chi connectivity index (χ1v) is 6.13. The molecule has 7 heteroatoms. The van der Waals surface area contributed by atoms with Crippen LogP contribution in [-0.2, 0) is 12.8 Å². The van der Waals surface area contributed by atoms with Crippen molar-refractivity contribution in [3.8, 4) is 11.5 Å². The van der Waals surface area contributed by atoms with Gasteiger partial charge < -0.3 is 9.84 Å². The summed E-state index contributed by atoms with van der Waals surface area (Å²) in [5.41, 5.74) is -1.26. The maximum absolute atomic E-state index is 12.9. The van der Waals surface area contributed by atoms with Crippen molar-refractivity contribution in [2.75, 3.05) is 0 Å². The van der Waals surface area contributed by atoms with E-state index in [4.69, 9.17) is 21.4 Å². The highest BCUT2D eigenvalue weighted by Gasteiger charge is 2.33. The Balaban J connectivity index is 2.37. The van der Waals surface area contributed by atoms with Crippen LogP contribution >= 0.6 is 11.6 Å². The first kappa shape index (κ1) is 15.6. The molecular formula is C14H9ClF4O2. The van der Waals surface area contributed by atoms with Crippen LogP contribution in [0.2, 0.25) is 5.02 Å². The number of alkyl halides is 3. The standard InChI is InChI=1S/C14H9ClF4O2/c15-12-5-9(16)2-4-13(12)21-10-3-1-8(7-20)11(6-10)14(17,18)19/h1-6,20H,7H2. The lowest BCUT2D eigenvalue weighted by atomic mass is 10.1. The van der Waals surface area contributed by atoms with Crippen LogP contribution in [0.15, 0.2) is 36.4 Å². The Morgan fingerprint density at radius 1 is 1.10 bits per heavy atom. The molecule has 0 spiro atoms. The molecule has 0 aromatic heterocycles. The molecule has 0 aliphatic heterocycles. The summed E-state index contributed by atoms with van der Waals surface area (Å²) in [7, 11) is 0. The summed E-state index contributed by atoms with van der Waals surface area (Å²) in [5, 5.41) is 8.87. The molecule has 21 heavy (non-hydrogen) atoms. The zero-order valence-corrected chi connectivity index (χ0v) is 11.2. The van der Waals surface area contributed by atoms with Gasteiger partial charge in [-0.3, -0.25) is 0 Å². The van der Waals surface area contributed by atoms with Gasteiger partial charge >= 0.3 is 6.18 Å². The summed E-state index contributed by atoms with van der Waals surface area (Å²) in [6.07, 6.45) is -4.62. The van der Waals surface area contributed by atoms with E-state index < -0.39 is 24.2 Å². The van der Waals surface area contributed by atoms with E-state index in [1.807, 2.05) is 0 Å². The normalized spacial score (nSPS) is 11.5. The molecule has 0 atom stereocenters. The smallest absolute Gasteiger partial charge is 0.416 e. The molecular weight excluding hydrogens is 312 g/mol. The minimum atomic E-state index is -4.62. The molecule has 2 aromatic rings. The van der Waals surface area contributed by atoms with E-state index in [1.165, 1.54) is 12.1 Å². The lowest BCUT2D eigenvalue weighted by Gasteiger charge is -2.14. The van der Waals surface area contributed by atoms with E-state index in [9.17, 15) is 17.6 Å². The summed E-state index contributed by atoms with van der Waals surface area (Å²) in [6.45, 7) is -0.744. The average Bonchev–Trinajstić information content (AvgIpc) is 2.41. The summed E-state index contributed by atoms with van der Waals surface area (Å²) in [6, 6.07) is 6.41. The van der Waals surface area contributed by atoms with Crippen molar-refractivity contribution in [3.05, 3.63) is 58.4 Å². The van der Waals surface area contributed by atoms with Gasteiger partial charge in [0.1, 0.15) is 17.3 Å². The second-order valence-electron chi connectivity index (χ2n) is 4.15. The molecule has 0 radical (unpaired) electrons. The zero-order valence-electron chi connectivity index (χ0n) is 10.4. The van der Waals surface area contributed by atoms with Crippen molar-refractivity contribution in [1.82, 2.24) is 0 Å². The van der Waals surface area contributed by atoms with E-state index in [1.54, 1.807) is 0 Å². The molecule has 0 bridgehead atoms. The molecule has 0 amide bonds. The number of hydrogen-bond acceptors (Lipinski definition) is 2. The van der Waals surface area contributed by atoms with Gasteiger partial charge in [-0.1, -0.05) is 17.7 Å². The predicted molar refractivity (Wildman–Crippen MR) is 68.9 cm³/mol. The van der Waals surface area contributed by atoms with Crippen molar-refractivity contribution < 1.29 is 27.4 Å². The second kappa shape index (κ2) is 5.91. The van der Waals surface area contributed by atoms with Crippen LogP contribution in [0, 0.1) is 5.82 Å². The third-order valence-corrected chi connectivity index (χ3v) is 2.97. The molecule has 2 nitrogen and oxygen atoms in total. The van der Waals surface area contributed by atoms with Crippen LogP contribution in [0.4, 0.5) is 17.6 Å². The topological polar surface area (TPSA) is 29.5 Å². The molecule has 0 aliphatic carbocycles. The van der Waals surface area contributed by atoms with Gasteiger partial charge in [-0.2, -0.15) is 13.2 Å². The number of ether oxygens (including phenoxy) is 1. The number of aliphatic hydroxyl groups is 1. The van der Waals surface area contributed by atoms with Crippen molar-refractivity contribution in [2.45, 2.75) is 12.8 Å². The third kappa shape index (κ3) is 3.65. The largest absolute Gasteiger partial charge is 0.456 e. The van der Waals surface area contributed by atoms with Crippen LogP contribution in [0.3, 0.4) is 0 Å². The maximum Gasteiger partial charge on any atom is 0.416 e. The molecule has 112 valence electrons. The minimum absolute atomic E-state index is 0.0305. The van der Waals surface area contributed by atoms with E-state index in [2.05, 4.69) is 0 Å². The highest BCUT2D eigenvalue weighted by atomic mass is 35.5. The highest BCUT2D eigenvalue weighted by Crippen LogP contribution is 2.36. The summed E-state index contributed by atoms with van der Waals surface area (Å²) < 4.78 is 56.6. The number of hydrogen-bond donors (Lipinski definition) is 1. The van der Waals surface area contributed by atoms with Gasteiger partial charge in [0.25, 0.3) is 0 Å². The van der Waals surface area contributed by atoms with Crippen LogP contribution < -0.4 is 4.74 Å². The molecule has 0 saturated carbocycles. The Hall–Kier alpha value is -1.79. The number of rotatable bonds is 3. The van der Waals surface area contributed by atoms with Crippen LogP contribution in [-0.4, -0.2) is 5.11 Å². The Kier molecular flexibility index (Phi) is 4.39. The first-order chi connectivity index (χ1) is 9.81. The van der Waals surface area contributed by atoms with Crippen LogP contribution in [0.5, 0.6) is 11.5 Å². The van der Waals surface area contributed by atoms with E-state index in [-0.39, 0.29) is 22.1 Å². The van der Waals surface area contributed by atoms with Crippen molar-refractivity contribution in [3.63, 3.8) is 0 Å². The van der Waals surface area contributed by atoms with Gasteiger partial charge in [0.2, 0.25) is 0 Å². The number of aliphatic hydroxyl groups excluding tert-OH is 1. The average molecular weight is 321 g/mol. The first-order valence-electron chi connectivity index (χ1n) is 5.75. The molecule has 0 fully saturated rings. The Morgan fingerprint density at radius 2 is 1.81 bits per heavy atom. The van der Waals surface area contributed by atoms with Crippen molar-refractivity contribution >= 4 is 11.6 Å². The van der Waals surface area contributed by atoms with E-state index in [0.29, 0.717) is 0 Å². The second-order valence-corrected chi connectivity index (χ2v) is 4.56. The Labute approximate surface area is 122 Å². The fourth-order valence-corrected chi connectivity index (χ4v) is 1.91. The van der Waals surface area contributed by atoms with Crippen LogP contribution in [0.1, 0.15) is 11.1 Å². The van der Waals surface area contributed by atoms with Gasteiger partial charge in [0, 0.05) is 0 Å². The van der Waals surface area contributed by atoms with Gasteiger partial charge in [-0.15, -0.1) is 0 Å². The number of halogens is 5. The Bertz CT molecular complexity index is 656. The summed E-state index contributed by atoms with van der Waals surface area (Å²) >= 11 is 5.74. The number of benzene rings is 2. The third-order valence-electron chi connectivity index (χ3n) is 2.68. The van der Waals surface area contributed by atoms with E-state index >= 15 is 0 Å². The van der Waals surface area contributed by atoms with Gasteiger partial charge in [-0.25, -0.2) is 4.39 Å². The molecule has 2 aromatic carbocycles. The lowest BCUT2D eigenvalue weighted by Crippen LogP contribution is -2.09. The molecule has 0 saturated heterocycles. The monoisotopic (exact) mass is 320 g/mol. The molecule has 0 aliphatic rings. The lowest BCUT2D eigenvalue weighted by molar-refractivity contribution is -0.138. The fourth-order valence-electron chi connectivity index (χ4n) is 1.71. The highest BCUT2D eigenvalue weighted by molar-refractivity contribution is 6.32. The summed E-state index contributed by atoms with van der Waals surface area (Å²) in [5.74, 6) is -0.671. The van der Waals surface area contributed by atoms with Crippen molar-refractivity contribution in [1.29, 1.82) is 0 Å². The minimum Gasteiger partial charge on any atom is -0.456 e. The van der Waals surface area contributed by atoms with Crippen LogP contribution in [0.25, 0.3) is 0 Å². The van der Waals surface area contributed by atoms with Gasteiger partial charge in [-0.05, 0) is 35.9 Å². The van der Waals surface area contributed by atoms with Crippen molar-refractivity contribution in [2.24, 2.45) is 0 Å². The van der Waals surface area contributed by atoms with E-state index in [0.717, 1.165) is 24.3 Å². The summed E-state index contributed by atoms with van der Waals surface area (Å²) in [4.78, 5) is 0. The maximum atomic E-state index is 12.9.